The first-order chi connectivity index (χ1) is 5.26. The lowest BCUT2D eigenvalue weighted by Gasteiger charge is -2.06. The molecule has 0 saturated heterocycles. The molecule has 11 heavy (non-hydrogen) atoms. The highest BCUT2D eigenvalue weighted by atomic mass is 32.1. The van der Waals surface area contributed by atoms with Crippen LogP contribution in [0.5, 0.6) is 0 Å². The van der Waals surface area contributed by atoms with Crippen LogP contribution >= 0.6 is 12.6 Å². The average molecular weight is 172 g/mol. The second kappa shape index (κ2) is 6.78. The fourth-order valence-corrected chi connectivity index (χ4v) is 1.66. The summed E-state index contributed by atoms with van der Waals surface area (Å²) in [6, 6.07) is 0. The average Bonchev–Trinajstić information content (AvgIpc) is 2.03. The molecule has 66 valence electrons. The van der Waals surface area contributed by atoms with Crippen LogP contribution in [-0.2, 0) is 0 Å². The van der Waals surface area contributed by atoms with E-state index in [0.29, 0.717) is 0 Å². The van der Waals surface area contributed by atoms with Gasteiger partial charge in [-0.15, -0.1) is 0 Å². The zero-order valence-electron chi connectivity index (χ0n) is 7.98. The van der Waals surface area contributed by atoms with Crippen LogP contribution in [0, 0.1) is 0 Å². The summed E-state index contributed by atoms with van der Waals surface area (Å²) in [6.45, 7) is 6.69. The summed E-state index contributed by atoms with van der Waals surface area (Å²) >= 11 is 4.30. The van der Waals surface area contributed by atoms with Gasteiger partial charge in [-0.2, -0.15) is 12.6 Å². The molecule has 0 amide bonds. The van der Waals surface area contributed by atoms with E-state index in [9.17, 15) is 0 Å². The van der Waals surface area contributed by atoms with Crippen LogP contribution in [0.4, 0.5) is 0 Å². The summed E-state index contributed by atoms with van der Waals surface area (Å²) in [7, 11) is 0. The Morgan fingerprint density at radius 3 is 2.27 bits per heavy atom. The molecule has 0 bridgehead atoms. The lowest BCUT2D eigenvalue weighted by atomic mass is 10.0. The van der Waals surface area contributed by atoms with Crippen molar-refractivity contribution in [3.05, 3.63) is 11.1 Å². The van der Waals surface area contributed by atoms with Crippen molar-refractivity contribution in [2.24, 2.45) is 0 Å². The normalized spacial score (nSPS) is 13.1. The predicted molar refractivity (Wildman–Crippen MR) is 56.4 cm³/mol. The van der Waals surface area contributed by atoms with Gasteiger partial charge in [-0.25, -0.2) is 0 Å². The second-order valence-corrected chi connectivity index (χ2v) is 3.32. The van der Waals surface area contributed by atoms with Crippen molar-refractivity contribution in [3.8, 4) is 0 Å². The highest BCUT2D eigenvalue weighted by Gasteiger charge is 1.97. The van der Waals surface area contributed by atoms with E-state index in [1.165, 1.54) is 31.3 Å². The summed E-state index contributed by atoms with van der Waals surface area (Å²) < 4.78 is 0. The third-order valence-corrected chi connectivity index (χ3v) is 2.51. The maximum Gasteiger partial charge on any atom is 0.0115 e. The monoisotopic (exact) mass is 172 g/mol. The van der Waals surface area contributed by atoms with E-state index >= 15 is 0 Å². The molecule has 0 unspecified atom stereocenters. The number of allylic oxidation sites excluding steroid dienone is 1. The Morgan fingerprint density at radius 1 is 1.27 bits per heavy atom. The molecule has 0 aliphatic rings. The molecule has 0 nitrogen and oxygen atoms in total. The van der Waals surface area contributed by atoms with Crippen LogP contribution in [0.25, 0.3) is 0 Å². The van der Waals surface area contributed by atoms with Gasteiger partial charge in [0.2, 0.25) is 0 Å². The predicted octanol–water partition coefficient (Wildman–Crippen LogP) is 3.83. The lowest BCUT2D eigenvalue weighted by molar-refractivity contribution is 0.776. The largest absolute Gasteiger partial charge is 0.175 e. The Balaban J connectivity index is 3.89. The van der Waals surface area contributed by atoms with E-state index in [0.717, 1.165) is 5.75 Å². The molecule has 0 fully saturated rings. The minimum Gasteiger partial charge on any atom is -0.175 e. The Hall–Kier alpha value is 0.0900. The van der Waals surface area contributed by atoms with E-state index in [4.69, 9.17) is 0 Å². The van der Waals surface area contributed by atoms with Gasteiger partial charge in [0.15, 0.2) is 0 Å². The Morgan fingerprint density at radius 2 is 1.91 bits per heavy atom. The molecule has 0 saturated carbocycles. The van der Waals surface area contributed by atoms with Gasteiger partial charge in [-0.3, -0.25) is 0 Å². The summed E-state index contributed by atoms with van der Waals surface area (Å²) in [5, 5.41) is 0. The maximum atomic E-state index is 4.30. The molecule has 0 aliphatic carbocycles. The van der Waals surface area contributed by atoms with Crippen LogP contribution < -0.4 is 0 Å². The molecular formula is C10H20S. The first kappa shape index (κ1) is 11.1. The Kier molecular flexibility index (Phi) is 6.83. The SMILES string of the molecule is CCCC/C(C)=C(/CC)CS. The van der Waals surface area contributed by atoms with E-state index in [1.54, 1.807) is 5.57 Å². The highest BCUT2D eigenvalue weighted by Crippen LogP contribution is 2.15. The van der Waals surface area contributed by atoms with Gasteiger partial charge in [0.25, 0.3) is 0 Å². The molecule has 0 aromatic rings. The molecule has 0 spiro atoms. The van der Waals surface area contributed by atoms with Crippen LogP contribution in [-0.4, -0.2) is 5.75 Å². The molecule has 0 atom stereocenters. The van der Waals surface area contributed by atoms with Gasteiger partial charge in [0.05, 0.1) is 0 Å². The van der Waals surface area contributed by atoms with Crippen molar-refractivity contribution in [3.63, 3.8) is 0 Å². The van der Waals surface area contributed by atoms with E-state index < -0.39 is 0 Å². The van der Waals surface area contributed by atoms with Crippen LogP contribution in [0.1, 0.15) is 46.5 Å². The minimum absolute atomic E-state index is 0.937. The molecule has 0 N–H and O–H groups in total. The van der Waals surface area contributed by atoms with Crippen LogP contribution in [0.2, 0.25) is 0 Å². The van der Waals surface area contributed by atoms with Crippen molar-refractivity contribution < 1.29 is 0 Å². The molecule has 0 aliphatic heterocycles. The fourth-order valence-electron chi connectivity index (χ4n) is 1.17. The molecule has 0 radical (unpaired) electrons. The summed E-state index contributed by atoms with van der Waals surface area (Å²) in [5.74, 6) is 0.937. The standard InChI is InChI=1S/C10H20S/c1-4-6-7-9(3)10(5-2)8-11/h11H,4-8H2,1-3H3/b10-9-. The minimum atomic E-state index is 0.937. The van der Waals surface area contributed by atoms with Crippen LogP contribution in [0.15, 0.2) is 11.1 Å². The summed E-state index contributed by atoms with van der Waals surface area (Å²) in [6.07, 6.45) is 5.04. The van der Waals surface area contributed by atoms with Crippen LogP contribution in [0.3, 0.4) is 0 Å². The van der Waals surface area contributed by atoms with Gasteiger partial charge >= 0.3 is 0 Å². The number of rotatable bonds is 5. The maximum absolute atomic E-state index is 4.30. The molecule has 0 rings (SSSR count). The van der Waals surface area contributed by atoms with E-state index in [2.05, 4.69) is 33.4 Å². The Labute approximate surface area is 76.5 Å². The zero-order valence-corrected chi connectivity index (χ0v) is 8.88. The molecule has 1 heteroatoms. The topological polar surface area (TPSA) is 0 Å². The van der Waals surface area contributed by atoms with Crippen molar-refractivity contribution in [1.82, 2.24) is 0 Å². The molecule has 0 aromatic heterocycles. The molecular weight excluding hydrogens is 152 g/mol. The number of hydrogen-bond acceptors (Lipinski definition) is 1. The third kappa shape index (κ3) is 4.52. The van der Waals surface area contributed by atoms with Crippen molar-refractivity contribution in [2.45, 2.75) is 46.5 Å². The first-order valence-electron chi connectivity index (χ1n) is 4.54. The second-order valence-electron chi connectivity index (χ2n) is 3.00. The van der Waals surface area contributed by atoms with Gasteiger partial charge in [0.1, 0.15) is 0 Å². The Bertz CT molecular complexity index is 119. The fraction of sp³-hybridized carbons (Fsp3) is 0.800. The molecule has 0 heterocycles. The summed E-state index contributed by atoms with van der Waals surface area (Å²) in [4.78, 5) is 0. The first-order valence-corrected chi connectivity index (χ1v) is 5.17. The summed E-state index contributed by atoms with van der Waals surface area (Å²) in [5.41, 5.74) is 3.09. The van der Waals surface area contributed by atoms with Gasteiger partial charge in [0, 0.05) is 5.75 Å². The number of thiol groups is 1. The van der Waals surface area contributed by atoms with E-state index in [1.807, 2.05) is 0 Å². The van der Waals surface area contributed by atoms with E-state index in [-0.39, 0.29) is 0 Å². The number of unbranched alkanes of at least 4 members (excludes halogenated alkanes) is 1. The molecule has 0 aromatic carbocycles. The smallest absolute Gasteiger partial charge is 0.0115 e. The van der Waals surface area contributed by atoms with Gasteiger partial charge in [-0.1, -0.05) is 31.4 Å². The third-order valence-electron chi connectivity index (χ3n) is 2.13. The number of hydrogen-bond donors (Lipinski definition) is 1. The zero-order chi connectivity index (χ0) is 8.69. The lowest BCUT2D eigenvalue weighted by Crippen LogP contribution is -1.89. The quantitative estimate of drug-likeness (QED) is 0.473. The highest BCUT2D eigenvalue weighted by molar-refractivity contribution is 7.80. The van der Waals surface area contributed by atoms with Gasteiger partial charge < -0.3 is 0 Å². The van der Waals surface area contributed by atoms with Crippen molar-refractivity contribution in [1.29, 1.82) is 0 Å². The van der Waals surface area contributed by atoms with Crippen molar-refractivity contribution in [2.75, 3.05) is 5.75 Å². The van der Waals surface area contributed by atoms with Crippen molar-refractivity contribution >= 4 is 12.6 Å². The van der Waals surface area contributed by atoms with Gasteiger partial charge in [-0.05, 0) is 26.2 Å².